The average Bonchev–Trinajstić information content (AvgIpc) is 3.29. The Labute approximate surface area is 397 Å². The molecule has 1 unspecified atom stereocenters. The topological polar surface area (TPSA) is 78.9 Å². The van der Waals surface area contributed by atoms with Crippen molar-refractivity contribution >= 4 is 17.9 Å². The third kappa shape index (κ3) is 50.4. The molecule has 0 spiro atoms. The van der Waals surface area contributed by atoms with E-state index < -0.39 is 6.10 Å². The summed E-state index contributed by atoms with van der Waals surface area (Å²) < 4.78 is 16.8. The summed E-state index contributed by atoms with van der Waals surface area (Å²) in [7, 11) is 0. The molecule has 0 fully saturated rings. The van der Waals surface area contributed by atoms with Crippen molar-refractivity contribution in [3.63, 3.8) is 0 Å². The minimum atomic E-state index is -0.767. The molecule has 0 heterocycles. The number of unbranched alkanes of at least 4 members (excludes halogenated alkanes) is 31. The lowest BCUT2D eigenvalue weighted by atomic mass is 10.0. The lowest BCUT2D eigenvalue weighted by Gasteiger charge is -2.18. The maximum Gasteiger partial charge on any atom is 0.306 e. The molecular formula is C58H104O6. The Kier molecular flexibility index (Phi) is 50.8. The molecule has 0 aromatic carbocycles. The van der Waals surface area contributed by atoms with Gasteiger partial charge in [0, 0.05) is 19.3 Å². The van der Waals surface area contributed by atoms with Gasteiger partial charge in [0.25, 0.3) is 0 Å². The fourth-order valence-electron chi connectivity index (χ4n) is 7.96. The molecule has 0 aliphatic rings. The van der Waals surface area contributed by atoms with Crippen LogP contribution in [-0.4, -0.2) is 37.2 Å². The van der Waals surface area contributed by atoms with Crippen molar-refractivity contribution in [3.05, 3.63) is 48.6 Å². The van der Waals surface area contributed by atoms with Crippen molar-refractivity contribution in [2.45, 2.75) is 290 Å². The van der Waals surface area contributed by atoms with Gasteiger partial charge in [-0.1, -0.05) is 256 Å². The maximum atomic E-state index is 12.8. The minimum absolute atomic E-state index is 0.0689. The Morgan fingerprint density at radius 3 is 0.953 bits per heavy atom. The van der Waals surface area contributed by atoms with Crippen molar-refractivity contribution < 1.29 is 28.6 Å². The normalized spacial score (nSPS) is 12.4. The highest BCUT2D eigenvalue weighted by molar-refractivity contribution is 5.71. The zero-order chi connectivity index (χ0) is 46.5. The molecule has 1 atom stereocenters. The summed E-state index contributed by atoms with van der Waals surface area (Å²) in [5.41, 5.74) is 0. The fraction of sp³-hybridized carbons (Fsp3) is 0.810. The third-order valence-corrected chi connectivity index (χ3v) is 12.1. The zero-order valence-electron chi connectivity index (χ0n) is 42.6. The average molecular weight is 897 g/mol. The lowest BCUT2D eigenvalue weighted by molar-refractivity contribution is -0.167. The van der Waals surface area contributed by atoms with E-state index >= 15 is 0 Å². The first kappa shape index (κ1) is 61.4. The first-order chi connectivity index (χ1) is 31.5. The van der Waals surface area contributed by atoms with Gasteiger partial charge in [-0.25, -0.2) is 0 Å². The smallest absolute Gasteiger partial charge is 0.306 e. The van der Waals surface area contributed by atoms with Crippen molar-refractivity contribution in [1.82, 2.24) is 0 Å². The zero-order valence-corrected chi connectivity index (χ0v) is 42.6. The second kappa shape index (κ2) is 53.0. The number of esters is 3. The number of hydrogen-bond donors (Lipinski definition) is 0. The van der Waals surface area contributed by atoms with E-state index in [9.17, 15) is 14.4 Å². The Bertz CT molecular complexity index is 1120. The SMILES string of the molecule is CC/C=C\C/C=C\C/C=C\C/C=C\CCCCCCCCCCCCCCC(=O)OCC(COC(=O)CCCCCCCCCCCC)OC(=O)CCCCCCCCCCCCC. The molecule has 0 aromatic heterocycles. The molecule has 0 bridgehead atoms. The van der Waals surface area contributed by atoms with E-state index in [0.717, 1.165) is 83.5 Å². The van der Waals surface area contributed by atoms with Gasteiger partial charge < -0.3 is 14.2 Å². The molecule has 0 amide bonds. The number of carbonyl (C=O) groups is 3. The molecule has 6 heteroatoms. The summed E-state index contributed by atoms with van der Waals surface area (Å²) in [4.78, 5) is 37.9. The third-order valence-electron chi connectivity index (χ3n) is 12.1. The Balaban J connectivity index is 4.16. The van der Waals surface area contributed by atoms with Gasteiger partial charge in [-0.2, -0.15) is 0 Å². The first-order valence-electron chi connectivity index (χ1n) is 27.6. The molecule has 0 aliphatic heterocycles. The lowest BCUT2D eigenvalue weighted by Crippen LogP contribution is -2.30. The van der Waals surface area contributed by atoms with Gasteiger partial charge in [0.1, 0.15) is 13.2 Å². The van der Waals surface area contributed by atoms with E-state index in [4.69, 9.17) is 14.2 Å². The molecule has 0 aromatic rings. The van der Waals surface area contributed by atoms with Crippen molar-refractivity contribution in [2.24, 2.45) is 0 Å². The van der Waals surface area contributed by atoms with Crippen LogP contribution in [0.4, 0.5) is 0 Å². The summed E-state index contributed by atoms with van der Waals surface area (Å²) in [6.07, 6.45) is 63.9. The Hall–Kier alpha value is -2.63. The highest BCUT2D eigenvalue weighted by Crippen LogP contribution is 2.16. The van der Waals surface area contributed by atoms with E-state index in [-0.39, 0.29) is 31.1 Å². The van der Waals surface area contributed by atoms with E-state index in [1.807, 2.05) is 0 Å². The summed E-state index contributed by atoms with van der Waals surface area (Å²) in [6, 6.07) is 0. The summed E-state index contributed by atoms with van der Waals surface area (Å²) in [5, 5.41) is 0. The Morgan fingerprint density at radius 1 is 0.328 bits per heavy atom. The second-order valence-corrected chi connectivity index (χ2v) is 18.5. The van der Waals surface area contributed by atoms with Crippen molar-refractivity contribution in [1.29, 1.82) is 0 Å². The second-order valence-electron chi connectivity index (χ2n) is 18.5. The highest BCUT2D eigenvalue weighted by Gasteiger charge is 2.19. The van der Waals surface area contributed by atoms with E-state index in [2.05, 4.69) is 69.4 Å². The Morgan fingerprint density at radius 2 is 0.609 bits per heavy atom. The number of ether oxygens (including phenoxy) is 3. The van der Waals surface area contributed by atoms with Crippen LogP contribution in [0.1, 0.15) is 284 Å². The van der Waals surface area contributed by atoms with Crippen molar-refractivity contribution in [2.75, 3.05) is 13.2 Å². The van der Waals surface area contributed by atoms with Gasteiger partial charge >= 0.3 is 17.9 Å². The summed E-state index contributed by atoms with van der Waals surface area (Å²) in [6.45, 7) is 6.53. The van der Waals surface area contributed by atoms with Gasteiger partial charge in [-0.05, 0) is 57.8 Å². The van der Waals surface area contributed by atoms with Crippen LogP contribution in [0.2, 0.25) is 0 Å². The molecule has 0 aliphatic carbocycles. The molecule has 0 N–H and O–H groups in total. The van der Waals surface area contributed by atoms with Crippen LogP contribution in [0.25, 0.3) is 0 Å². The number of hydrogen-bond acceptors (Lipinski definition) is 6. The number of allylic oxidation sites excluding steroid dienone is 8. The minimum Gasteiger partial charge on any atom is -0.462 e. The van der Waals surface area contributed by atoms with Gasteiger partial charge in [-0.3, -0.25) is 14.4 Å². The molecule has 6 nitrogen and oxygen atoms in total. The highest BCUT2D eigenvalue weighted by atomic mass is 16.6. The molecule has 64 heavy (non-hydrogen) atoms. The van der Waals surface area contributed by atoms with Gasteiger partial charge in [0.2, 0.25) is 0 Å². The molecule has 0 rings (SSSR count). The van der Waals surface area contributed by atoms with Crippen LogP contribution in [0.5, 0.6) is 0 Å². The van der Waals surface area contributed by atoms with Crippen LogP contribution in [0.3, 0.4) is 0 Å². The molecular weight excluding hydrogens is 793 g/mol. The quantitative estimate of drug-likeness (QED) is 0.0262. The largest absolute Gasteiger partial charge is 0.462 e. The fourth-order valence-corrected chi connectivity index (χ4v) is 7.96. The van der Waals surface area contributed by atoms with E-state index in [1.165, 1.54) is 161 Å². The molecule has 372 valence electrons. The maximum absolute atomic E-state index is 12.8. The molecule has 0 saturated carbocycles. The first-order valence-corrected chi connectivity index (χ1v) is 27.6. The van der Waals surface area contributed by atoms with Crippen LogP contribution < -0.4 is 0 Å². The van der Waals surface area contributed by atoms with Crippen molar-refractivity contribution in [3.8, 4) is 0 Å². The number of rotatable bonds is 50. The summed E-state index contributed by atoms with van der Waals surface area (Å²) in [5.74, 6) is -0.862. The predicted octanol–water partition coefficient (Wildman–Crippen LogP) is 18.3. The van der Waals surface area contributed by atoms with Crippen LogP contribution in [-0.2, 0) is 28.6 Å². The van der Waals surface area contributed by atoms with Gasteiger partial charge in [0.15, 0.2) is 6.10 Å². The standard InChI is InChI=1S/C58H104O6/c1-4-7-10-13-16-19-22-23-24-25-26-27-28-29-30-31-32-33-34-35-37-39-42-45-48-51-57(60)63-54-55(53-62-56(59)50-47-44-41-38-21-18-15-12-9-6-3)64-58(61)52-49-46-43-40-36-20-17-14-11-8-5-2/h7,10,16,19,23-24,26-27,55H,4-6,8-9,11-15,17-18,20-22,25,28-54H2,1-3H3/b10-7-,19-16-,24-23-,27-26-. The predicted molar refractivity (Wildman–Crippen MR) is 275 cm³/mol. The van der Waals surface area contributed by atoms with Crippen LogP contribution in [0.15, 0.2) is 48.6 Å². The van der Waals surface area contributed by atoms with Crippen LogP contribution >= 0.6 is 0 Å². The van der Waals surface area contributed by atoms with Gasteiger partial charge in [0.05, 0.1) is 0 Å². The van der Waals surface area contributed by atoms with E-state index in [1.54, 1.807) is 0 Å². The van der Waals surface area contributed by atoms with Crippen LogP contribution in [0, 0.1) is 0 Å². The monoisotopic (exact) mass is 897 g/mol. The molecule has 0 saturated heterocycles. The van der Waals surface area contributed by atoms with E-state index in [0.29, 0.717) is 19.3 Å². The molecule has 0 radical (unpaired) electrons. The summed E-state index contributed by atoms with van der Waals surface area (Å²) >= 11 is 0. The number of carbonyl (C=O) groups excluding carboxylic acids is 3. The van der Waals surface area contributed by atoms with Gasteiger partial charge in [-0.15, -0.1) is 0 Å².